The number of nitrogens with zero attached hydrogens (tertiary/aromatic N) is 1. The molecule has 3 heteroatoms. The van der Waals surface area contributed by atoms with Gasteiger partial charge in [0.25, 0.3) is 0 Å². The molecule has 1 heterocycles. The van der Waals surface area contributed by atoms with E-state index in [0.717, 1.165) is 11.8 Å². The summed E-state index contributed by atoms with van der Waals surface area (Å²) < 4.78 is 1.17. The smallest absolute Gasteiger partial charge is 0.0320 e. The lowest BCUT2D eigenvalue weighted by molar-refractivity contribution is 0.245. The van der Waals surface area contributed by atoms with Crippen molar-refractivity contribution >= 4 is 15.9 Å². The minimum atomic E-state index is 0.429. The molecule has 19 heavy (non-hydrogen) atoms. The number of fused-ring (bicyclic) bond motifs is 1. The summed E-state index contributed by atoms with van der Waals surface area (Å²) in [6.45, 7) is 4.73. The Hall–Kier alpha value is -0.380. The van der Waals surface area contributed by atoms with Crippen LogP contribution in [0.3, 0.4) is 0 Å². The maximum atomic E-state index is 6.31. The summed E-state index contributed by atoms with van der Waals surface area (Å²) in [5.41, 5.74) is 7.72. The Morgan fingerprint density at radius 2 is 2.16 bits per heavy atom. The number of nitrogens with two attached hydrogens (primary N) is 1. The lowest BCUT2D eigenvalue weighted by atomic mass is 9.78. The summed E-state index contributed by atoms with van der Waals surface area (Å²) in [5.74, 6) is 1.56. The molecule has 4 atom stereocenters. The SMILES string of the molecule is CC(c1cccc(Br)c1)N1CC2CCCC(N)C2C1. The zero-order valence-electron chi connectivity index (χ0n) is 11.6. The molecule has 1 saturated carbocycles. The number of halogens is 1. The van der Waals surface area contributed by atoms with Gasteiger partial charge in [0.2, 0.25) is 0 Å². The predicted octanol–water partition coefficient (Wildman–Crippen LogP) is 3.57. The molecule has 2 aliphatic rings. The predicted molar refractivity (Wildman–Crippen MR) is 82.9 cm³/mol. The van der Waals surface area contributed by atoms with E-state index in [2.05, 4.69) is 52.0 Å². The highest BCUT2D eigenvalue weighted by molar-refractivity contribution is 9.10. The summed E-state index contributed by atoms with van der Waals surface area (Å²) in [4.78, 5) is 2.63. The third-order valence-electron chi connectivity index (χ3n) is 5.06. The van der Waals surface area contributed by atoms with Crippen LogP contribution < -0.4 is 5.73 Å². The summed E-state index contributed by atoms with van der Waals surface area (Å²) in [7, 11) is 0. The Balaban J connectivity index is 1.73. The number of hydrogen-bond acceptors (Lipinski definition) is 2. The number of hydrogen-bond donors (Lipinski definition) is 1. The zero-order valence-corrected chi connectivity index (χ0v) is 13.1. The maximum absolute atomic E-state index is 6.31. The molecule has 104 valence electrons. The normalized spacial score (nSPS) is 33.1. The van der Waals surface area contributed by atoms with Gasteiger partial charge in [0, 0.05) is 29.6 Å². The van der Waals surface area contributed by atoms with Gasteiger partial charge in [0.15, 0.2) is 0 Å². The Morgan fingerprint density at radius 1 is 1.32 bits per heavy atom. The Labute approximate surface area is 124 Å². The van der Waals surface area contributed by atoms with Crippen LogP contribution in [0, 0.1) is 11.8 Å². The van der Waals surface area contributed by atoms with Crippen LogP contribution in [0.4, 0.5) is 0 Å². The second-order valence-electron chi connectivity index (χ2n) is 6.20. The van der Waals surface area contributed by atoms with Crippen LogP contribution >= 0.6 is 15.9 Å². The third kappa shape index (κ3) is 2.74. The van der Waals surface area contributed by atoms with Crippen LogP contribution in [-0.2, 0) is 0 Å². The van der Waals surface area contributed by atoms with Crippen molar-refractivity contribution in [3.8, 4) is 0 Å². The summed E-state index contributed by atoms with van der Waals surface area (Å²) in [5, 5.41) is 0. The van der Waals surface area contributed by atoms with Gasteiger partial charge in [0.1, 0.15) is 0 Å². The molecule has 0 bridgehead atoms. The summed E-state index contributed by atoms with van der Waals surface area (Å²) >= 11 is 3.57. The van der Waals surface area contributed by atoms with Crippen molar-refractivity contribution in [1.29, 1.82) is 0 Å². The Bertz CT molecular complexity index is 448. The lowest BCUT2D eigenvalue weighted by Crippen LogP contribution is -2.38. The van der Waals surface area contributed by atoms with E-state index in [1.54, 1.807) is 0 Å². The highest BCUT2D eigenvalue weighted by Crippen LogP contribution is 2.39. The fourth-order valence-electron chi connectivity index (χ4n) is 3.84. The molecule has 1 saturated heterocycles. The molecule has 0 spiro atoms. The topological polar surface area (TPSA) is 29.3 Å². The zero-order chi connectivity index (χ0) is 13.4. The van der Waals surface area contributed by atoms with Crippen LogP contribution in [0.1, 0.15) is 37.8 Å². The fraction of sp³-hybridized carbons (Fsp3) is 0.625. The molecule has 1 aliphatic carbocycles. The first-order valence-corrected chi connectivity index (χ1v) is 8.19. The number of rotatable bonds is 2. The van der Waals surface area contributed by atoms with Gasteiger partial charge in [-0.3, -0.25) is 4.90 Å². The number of benzene rings is 1. The molecule has 4 unspecified atom stereocenters. The molecule has 1 aromatic rings. The van der Waals surface area contributed by atoms with Crippen LogP contribution in [0.25, 0.3) is 0 Å². The molecule has 1 aromatic carbocycles. The molecule has 2 nitrogen and oxygen atoms in total. The second kappa shape index (κ2) is 5.55. The average Bonchev–Trinajstić information content (AvgIpc) is 2.83. The van der Waals surface area contributed by atoms with E-state index < -0.39 is 0 Å². The van der Waals surface area contributed by atoms with E-state index in [4.69, 9.17) is 5.73 Å². The van der Waals surface area contributed by atoms with E-state index in [1.807, 2.05) is 0 Å². The standard InChI is InChI=1S/C16H23BrN2/c1-11(12-4-2-6-14(17)8-12)19-9-13-5-3-7-16(18)15(13)10-19/h2,4,6,8,11,13,15-16H,3,5,7,9-10,18H2,1H3. The van der Waals surface area contributed by atoms with Crippen molar-refractivity contribution in [2.75, 3.05) is 13.1 Å². The molecular formula is C16H23BrN2. The maximum Gasteiger partial charge on any atom is 0.0320 e. The van der Waals surface area contributed by atoms with Crippen LogP contribution in [0.2, 0.25) is 0 Å². The Morgan fingerprint density at radius 3 is 2.89 bits per heavy atom. The van der Waals surface area contributed by atoms with Crippen LogP contribution in [0.5, 0.6) is 0 Å². The van der Waals surface area contributed by atoms with E-state index in [-0.39, 0.29) is 0 Å². The minimum Gasteiger partial charge on any atom is -0.327 e. The van der Waals surface area contributed by atoms with Gasteiger partial charge in [0.05, 0.1) is 0 Å². The molecule has 3 rings (SSSR count). The molecule has 1 aliphatic heterocycles. The van der Waals surface area contributed by atoms with Gasteiger partial charge in [-0.2, -0.15) is 0 Å². The summed E-state index contributed by atoms with van der Waals surface area (Å²) in [6, 6.07) is 9.62. The highest BCUT2D eigenvalue weighted by atomic mass is 79.9. The van der Waals surface area contributed by atoms with Crippen LogP contribution in [0.15, 0.2) is 28.7 Å². The third-order valence-corrected chi connectivity index (χ3v) is 5.55. The van der Waals surface area contributed by atoms with Gasteiger partial charge in [-0.25, -0.2) is 0 Å². The van der Waals surface area contributed by atoms with Gasteiger partial charge < -0.3 is 5.73 Å². The lowest BCUT2D eigenvalue weighted by Gasteiger charge is -2.30. The first kappa shape index (κ1) is 13.6. The largest absolute Gasteiger partial charge is 0.327 e. The molecule has 0 amide bonds. The average molecular weight is 323 g/mol. The molecular weight excluding hydrogens is 300 g/mol. The van der Waals surface area contributed by atoms with E-state index in [9.17, 15) is 0 Å². The fourth-order valence-corrected chi connectivity index (χ4v) is 4.26. The molecule has 0 radical (unpaired) electrons. The quantitative estimate of drug-likeness (QED) is 0.901. The van der Waals surface area contributed by atoms with Gasteiger partial charge in [-0.05, 0) is 49.3 Å². The first-order valence-electron chi connectivity index (χ1n) is 7.40. The molecule has 2 fully saturated rings. The number of likely N-dealkylation sites (tertiary alicyclic amines) is 1. The van der Waals surface area contributed by atoms with Gasteiger partial charge >= 0.3 is 0 Å². The van der Waals surface area contributed by atoms with Gasteiger partial charge in [-0.15, -0.1) is 0 Å². The molecule has 0 aromatic heterocycles. The van der Waals surface area contributed by atoms with Crippen LogP contribution in [-0.4, -0.2) is 24.0 Å². The van der Waals surface area contributed by atoms with Crippen molar-refractivity contribution in [2.24, 2.45) is 17.6 Å². The van der Waals surface area contributed by atoms with Crippen molar-refractivity contribution in [3.05, 3.63) is 34.3 Å². The second-order valence-corrected chi connectivity index (χ2v) is 7.12. The van der Waals surface area contributed by atoms with Crippen molar-refractivity contribution in [3.63, 3.8) is 0 Å². The van der Waals surface area contributed by atoms with Crippen molar-refractivity contribution < 1.29 is 0 Å². The van der Waals surface area contributed by atoms with E-state index in [1.165, 1.54) is 42.4 Å². The van der Waals surface area contributed by atoms with E-state index >= 15 is 0 Å². The van der Waals surface area contributed by atoms with Crippen molar-refractivity contribution in [1.82, 2.24) is 4.90 Å². The monoisotopic (exact) mass is 322 g/mol. The minimum absolute atomic E-state index is 0.429. The Kier molecular flexibility index (Phi) is 3.97. The van der Waals surface area contributed by atoms with Crippen molar-refractivity contribution in [2.45, 2.75) is 38.3 Å². The summed E-state index contributed by atoms with van der Waals surface area (Å²) in [6.07, 6.45) is 3.92. The molecule has 2 N–H and O–H groups in total. The first-order chi connectivity index (χ1) is 9.15. The highest BCUT2D eigenvalue weighted by Gasteiger charge is 2.40. The van der Waals surface area contributed by atoms with Gasteiger partial charge in [-0.1, -0.05) is 34.5 Å². The van der Waals surface area contributed by atoms with E-state index in [0.29, 0.717) is 12.1 Å².